The lowest BCUT2D eigenvalue weighted by molar-refractivity contribution is 0.0754. The van der Waals surface area contributed by atoms with Crippen molar-refractivity contribution in [3.8, 4) is 11.5 Å². The number of benzene rings is 1. The van der Waals surface area contributed by atoms with E-state index in [4.69, 9.17) is 4.42 Å². The monoisotopic (exact) mass is 422 g/mol. The van der Waals surface area contributed by atoms with Crippen LogP contribution < -0.4 is 4.72 Å². The van der Waals surface area contributed by atoms with Crippen molar-refractivity contribution in [2.75, 3.05) is 17.8 Å². The van der Waals surface area contributed by atoms with Gasteiger partial charge in [-0.25, -0.2) is 12.8 Å². The highest BCUT2D eigenvalue weighted by Crippen LogP contribution is 2.29. The van der Waals surface area contributed by atoms with Crippen LogP contribution in [0.3, 0.4) is 0 Å². The number of carbonyl (C=O) groups is 1. The van der Waals surface area contributed by atoms with Crippen LogP contribution in [0.1, 0.15) is 23.5 Å². The van der Waals surface area contributed by atoms with E-state index < -0.39 is 15.8 Å². The maximum atomic E-state index is 13.7. The summed E-state index contributed by atoms with van der Waals surface area (Å²) >= 11 is 0.923. The van der Waals surface area contributed by atoms with Crippen molar-refractivity contribution in [2.24, 2.45) is 0 Å². The summed E-state index contributed by atoms with van der Waals surface area (Å²) in [5.41, 5.74) is 0.223. The van der Waals surface area contributed by atoms with Crippen molar-refractivity contribution < 1.29 is 22.0 Å². The molecule has 0 saturated carbocycles. The fourth-order valence-electron chi connectivity index (χ4n) is 2.79. The van der Waals surface area contributed by atoms with Gasteiger partial charge in [0.25, 0.3) is 10.0 Å². The van der Waals surface area contributed by atoms with E-state index in [1.54, 1.807) is 4.90 Å². The Morgan fingerprint density at radius 1 is 1.21 bits per heavy atom. The SMILES string of the molecule is O=C(c1nnc(-c2csc(S(=O)(=O)Nc3ccccc3F)c2)o1)N1CCCC1. The van der Waals surface area contributed by atoms with Gasteiger partial charge in [0.15, 0.2) is 0 Å². The number of amides is 1. The largest absolute Gasteiger partial charge is 0.412 e. The first-order chi connectivity index (χ1) is 13.4. The summed E-state index contributed by atoms with van der Waals surface area (Å²) in [4.78, 5) is 13.9. The van der Waals surface area contributed by atoms with Crippen LogP contribution in [0, 0.1) is 5.82 Å². The molecule has 1 fully saturated rings. The van der Waals surface area contributed by atoms with Crippen LogP contribution in [0.4, 0.5) is 10.1 Å². The molecule has 1 saturated heterocycles. The summed E-state index contributed by atoms with van der Waals surface area (Å²) in [6.45, 7) is 1.30. The molecule has 146 valence electrons. The molecule has 0 aliphatic carbocycles. The van der Waals surface area contributed by atoms with Gasteiger partial charge in [-0.15, -0.1) is 21.5 Å². The first-order valence-corrected chi connectivity index (χ1v) is 10.8. The molecule has 0 unspecified atom stereocenters. The van der Waals surface area contributed by atoms with Crippen molar-refractivity contribution in [1.82, 2.24) is 15.1 Å². The molecular formula is C17H15FN4O4S2. The summed E-state index contributed by atoms with van der Waals surface area (Å²) in [6.07, 6.45) is 1.88. The summed E-state index contributed by atoms with van der Waals surface area (Å²) < 4.78 is 46.3. The van der Waals surface area contributed by atoms with Gasteiger partial charge in [-0.3, -0.25) is 9.52 Å². The zero-order valence-corrected chi connectivity index (χ0v) is 16.1. The van der Waals surface area contributed by atoms with Crippen molar-refractivity contribution in [1.29, 1.82) is 0 Å². The number of nitrogens with one attached hydrogen (secondary N) is 1. The normalized spacial score (nSPS) is 14.4. The first-order valence-electron chi connectivity index (χ1n) is 8.43. The number of para-hydroxylation sites is 1. The smallest absolute Gasteiger partial charge is 0.311 e. The Kier molecular flexibility index (Phi) is 4.85. The Bertz CT molecular complexity index is 1120. The Morgan fingerprint density at radius 2 is 1.96 bits per heavy atom. The molecular weight excluding hydrogens is 407 g/mol. The van der Waals surface area contributed by atoms with Crippen LogP contribution >= 0.6 is 11.3 Å². The van der Waals surface area contributed by atoms with Gasteiger partial charge in [0.05, 0.1) is 11.3 Å². The van der Waals surface area contributed by atoms with Gasteiger partial charge in [0.1, 0.15) is 10.0 Å². The predicted octanol–water partition coefficient (Wildman–Crippen LogP) is 2.97. The number of anilines is 1. The van der Waals surface area contributed by atoms with E-state index in [0.29, 0.717) is 18.7 Å². The molecule has 1 aromatic carbocycles. The minimum absolute atomic E-state index is 0.0450. The van der Waals surface area contributed by atoms with E-state index in [1.807, 2.05) is 0 Å². The minimum Gasteiger partial charge on any atom is -0.412 e. The fraction of sp³-hybridized carbons (Fsp3) is 0.235. The van der Waals surface area contributed by atoms with Gasteiger partial charge in [-0.05, 0) is 31.0 Å². The second-order valence-corrected chi connectivity index (χ2v) is 8.97. The average Bonchev–Trinajstić information content (AvgIpc) is 3.42. The zero-order valence-electron chi connectivity index (χ0n) is 14.5. The molecule has 1 amide bonds. The molecule has 0 radical (unpaired) electrons. The lowest BCUT2D eigenvalue weighted by Gasteiger charge is -2.11. The summed E-state index contributed by atoms with van der Waals surface area (Å²) in [7, 11) is -3.98. The van der Waals surface area contributed by atoms with Gasteiger partial charge in [-0.2, -0.15) is 0 Å². The van der Waals surface area contributed by atoms with Crippen molar-refractivity contribution in [3.05, 3.63) is 47.4 Å². The molecule has 1 N–H and O–H groups in total. The van der Waals surface area contributed by atoms with Gasteiger partial charge in [-0.1, -0.05) is 12.1 Å². The lowest BCUT2D eigenvalue weighted by Crippen LogP contribution is -2.27. The van der Waals surface area contributed by atoms with Gasteiger partial charge in [0, 0.05) is 18.5 Å². The lowest BCUT2D eigenvalue weighted by atomic mass is 10.3. The number of nitrogens with zero attached hydrogens (tertiary/aromatic N) is 3. The Labute approximate surface area is 164 Å². The van der Waals surface area contributed by atoms with Crippen LogP contribution in [0.15, 0.2) is 44.3 Å². The van der Waals surface area contributed by atoms with Gasteiger partial charge in [0.2, 0.25) is 5.89 Å². The van der Waals surface area contributed by atoms with Gasteiger partial charge >= 0.3 is 11.8 Å². The van der Waals surface area contributed by atoms with E-state index >= 15 is 0 Å². The molecule has 3 heterocycles. The second kappa shape index (κ2) is 7.32. The number of thiophene rings is 1. The zero-order chi connectivity index (χ0) is 19.7. The van der Waals surface area contributed by atoms with Crippen LogP contribution in [0.5, 0.6) is 0 Å². The molecule has 0 spiro atoms. The molecule has 28 heavy (non-hydrogen) atoms. The maximum absolute atomic E-state index is 13.7. The van der Waals surface area contributed by atoms with Crippen molar-refractivity contribution in [2.45, 2.75) is 17.1 Å². The third-order valence-corrected chi connectivity index (χ3v) is 7.01. The molecule has 2 aromatic heterocycles. The molecule has 1 aliphatic heterocycles. The van der Waals surface area contributed by atoms with Crippen LogP contribution in [0.2, 0.25) is 0 Å². The molecule has 0 atom stereocenters. The van der Waals surface area contributed by atoms with Gasteiger partial charge < -0.3 is 9.32 Å². The van der Waals surface area contributed by atoms with E-state index in [1.165, 1.54) is 29.6 Å². The van der Waals surface area contributed by atoms with E-state index in [0.717, 1.165) is 30.2 Å². The van der Waals surface area contributed by atoms with Crippen molar-refractivity contribution >= 4 is 33.0 Å². The van der Waals surface area contributed by atoms with Crippen molar-refractivity contribution in [3.63, 3.8) is 0 Å². The maximum Gasteiger partial charge on any atom is 0.311 e. The van der Waals surface area contributed by atoms with E-state index in [-0.39, 0.29) is 27.6 Å². The number of rotatable bonds is 5. The molecule has 4 rings (SSSR count). The van der Waals surface area contributed by atoms with Crippen LogP contribution in [-0.4, -0.2) is 42.5 Å². The topological polar surface area (TPSA) is 105 Å². The van der Waals surface area contributed by atoms with Crippen LogP contribution in [-0.2, 0) is 10.0 Å². The Hall–Kier alpha value is -2.79. The first kappa shape index (κ1) is 18.6. The highest BCUT2D eigenvalue weighted by molar-refractivity contribution is 7.94. The molecule has 8 nitrogen and oxygen atoms in total. The molecule has 0 bridgehead atoms. The number of aromatic nitrogens is 2. The molecule has 3 aromatic rings. The number of carbonyl (C=O) groups excluding carboxylic acids is 1. The minimum atomic E-state index is -3.98. The Morgan fingerprint density at radius 3 is 2.71 bits per heavy atom. The number of likely N-dealkylation sites (tertiary alicyclic amines) is 1. The number of halogens is 1. The number of hydrogen-bond donors (Lipinski definition) is 1. The fourth-order valence-corrected chi connectivity index (χ4v) is 5.01. The molecule has 1 aliphatic rings. The van der Waals surface area contributed by atoms with Crippen LogP contribution in [0.25, 0.3) is 11.5 Å². The predicted molar refractivity (Wildman–Crippen MR) is 100.0 cm³/mol. The number of hydrogen-bond acceptors (Lipinski definition) is 7. The van der Waals surface area contributed by atoms with E-state index in [2.05, 4.69) is 14.9 Å². The average molecular weight is 422 g/mol. The summed E-state index contributed by atoms with van der Waals surface area (Å²) in [5.74, 6) is -1.09. The third kappa shape index (κ3) is 3.62. The van der Waals surface area contributed by atoms with E-state index in [9.17, 15) is 17.6 Å². The molecule has 11 heteroatoms. The second-order valence-electron chi connectivity index (χ2n) is 6.15. The highest BCUT2D eigenvalue weighted by Gasteiger charge is 2.26. The number of sulfonamides is 1. The summed E-state index contributed by atoms with van der Waals surface area (Å²) in [5, 5.41) is 9.13. The summed E-state index contributed by atoms with van der Waals surface area (Å²) in [6, 6.07) is 6.82. The Balaban J connectivity index is 1.54. The highest BCUT2D eigenvalue weighted by atomic mass is 32.2. The third-order valence-electron chi connectivity index (χ3n) is 4.21. The quantitative estimate of drug-likeness (QED) is 0.678. The standard InChI is InChI=1S/C17H15FN4O4S2/c18-12-5-1-2-6-13(12)21-28(24,25)14-9-11(10-27-14)15-19-20-16(26-15)17(23)22-7-3-4-8-22/h1-2,5-6,9-10,21H,3-4,7-8H2.